The molecule has 8 nitrogen and oxygen atoms in total. The van der Waals surface area contributed by atoms with Gasteiger partial charge in [-0.1, -0.05) is 31.0 Å². The van der Waals surface area contributed by atoms with Crippen LogP contribution in [0.5, 0.6) is 5.75 Å². The maximum Gasteiger partial charge on any atom is 0.202 e. The Hall–Kier alpha value is -3.49. The zero-order valence-corrected chi connectivity index (χ0v) is 22.3. The SMILES string of the molecule is CC(=O)C1=C(O)[C@@]2(O)C(=O)C3=C(O)c4c(cc5ccc(CCC6CC6)cc5c4O)C[C@H]3C[C@H]2[C@H](N(C)C)C1=O. The number of ketones is 3. The third-order valence-corrected chi connectivity index (χ3v) is 9.23. The first-order valence-corrected chi connectivity index (χ1v) is 13.6. The zero-order valence-electron chi connectivity index (χ0n) is 22.3. The van der Waals surface area contributed by atoms with Gasteiger partial charge in [0.15, 0.2) is 17.2 Å². The number of aliphatic hydroxyl groups excluding tert-OH is 2. The molecule has 0 aromatic heterocycles. The summed E-state index contributed by atoms with van der Waals surface area (Å²) >= 11 is 0. The first kappa shape index (κ1) is 25.8. The van der Waals surface area contributed by atoms with Crippen molar-refractivity contribution in [1.82, 2.24) is 4.90 Å². The largest absolute Gasteiger partial charge is 0.508 e. The quantitative estimate of drug-likeness (QED) is 0.430. The molecule has 0 aliphatic heterocycles. The number of aromatic hydroxyl groups is 1. The van der Waals surface area contributed by atoms with Gasteiger partial charge >= 0.3 is 0 Å². The highest BCUT2D eigenvalue weighted by Crippen LogP contribution is 2.53. The lowest BCUT2D eigenvalue weighted by Crippen LogP contribution is -2.65. The van der Waals surface area contributed by atoms with Crippen molar-refractivity contribution in [3.05, 3.63) is 57.9 Å². The molecule has 204 valence electrons. The Balaban J connectivity index is 1.49. The van der Waals surface area contributed by atoms with Crippen LogP contribution in [0.4, 0.5) is 0 Å². The van der Waals surface area contributed by atoms with E-state index >= 15 is 0 Å². The van der Waals surface area contributed by atoms with Crippen LogP contribution in [-0.2, 0) is 27.2 Å². The fourth-order valence-electron chi connectivity index (χ4n) is 7.09. The summed E-state index contributed by atoms with van der Waals surface area (Å²) in [6.07, 6.45) is 4.94. The molecule has 2 fully saturated rings. The van der Waals surface area contributed by atoms with Crippen LogP contribution in [0.15, 0.2) is 41.2 Å². The van der Waals surface area contributed by atoms with Crippen molar-refractivity contribution in [2.75, 3.05) is 14.1 Å². The molecule has 0 heterocycles. The highest BCUT2D eigenvalue weighted by molar-refractivity contribution is 6.25. The van der Waals surface area contributed by atoms with E-state index in [-0.39, 0.29) is 23.3 Å². The van der Waals surface area contributed by atoms with Crippen LogP contribution < -0.4 is 0 Å². The number of aliphatic hydroxyl groups is 3. The number of hydrogen-bond acceptors (Lipinski definition) is 8. The number of likely N-dealkylation sites (N-methyl/N-ethyl adjacent to an activating group) is 1. The minimum absolute atomic E-state index is 0.0953. The van der Waals surface area contributed by atoms with E-state index in [1.807, 2.05) is 18.2 Å². The molecule has 0 bridgehead atoms. The Kier molecular flexibility index (Phi) is 5.79. The summed E-state index contributed by atoms with van der Waals surface area (Å²) in [5, 5.41) is 47.0. The lowest BCUT2D eigenvalue weighted by molar-refractivity contribution is -0.153. The molecule has 39 heavy (non-hydrogen) atoms. The summed E-state index contributed by atoms with van der Waals surface area (Å²) in [4.78, 5) is 41.1. The fraction of sp³-hybridized carbons (Fsp3) is 0.452. The second-order valence-electron chi connectivity index (χ2n) is 12.0. The van der Waals surface area contributed by atoms with E-state index < -0.39 is 57.9 Å². The first-order chi connectivity index (χ1) is 18.4. The van der Waals surface area contributed by atoms with E-state index in [9.17, 15) is 34.8 Å². The number of hydrogen-bond donors (Lipinski definition) is 4. The normalized spacial score (nSPS) is 28.6. The third-order valence-electron chi connectivity index (χ3n) is 9.23. The fourth-order valence-corrected chi connectivity index (χ4v) is 7.09. The van der Waals surface area contributed by atoms with Gasteiger partial charge in [-0.25, -0.2) is 0 Å². The van der Waals surface area contributed by atoms with Crippen LogP contribution in [0, 0.1) is 17.8 Å². The van der Waals surface area contributed by atoms with Crippen molar-refractivity contribution in [1.29, 1.82) is 0 Å². The van der Waals surface area contributed by atoms with Crippen LogP contribution in [0.25, 0.3) is 16.5 Å². The molecule has 2 aromatic carbocycles. The topological polar surface area (TPSA) is 135 Å². The molecule has 2 saturated carbocycles. The number of rotatable bonds is 5. The van der Waals surface area contributed by atoms with Gasteiger partial charge in [-0.05, 0) is 81.1 Å². The van der Waals surface area contributed by atoms with Crippen molar-refractivity contribution in [3.63, 3.8) is 0 Å². The molecule has 0 amide bonds. The van der Waals surface area contributed by atoms with Gasteiger partial charge in [-0.15, -0.1) is 0 Å². The highest BCUT2D eigenvalue weighted by Gasteiger charge is 2.63. The van der Waals surface area contributed by atoms with Gasteiger partial charge in [0.05, 0.1) is 11.6 Å². The van der Waals surface area contributed by atoms with Gasteiger partial charge < -0.3 is 20.4 Å². The Labute approximate surface area is 226 Å². The number of Topliss-reactive ketones (excluding diaryl/α,β-unsaturated/α-hetero) is 3. The number of carbonyl (C=O) groups is 3. The second-order valence-corrected chi connectivity index (χ2v) is 12.0. The van der Waals surface area contributed by atoms with Gasteiger partial charge in [-0.2, -0.15) is 0 Å². The molecular weight excluding hydrogens is 498 g/mol. The predicted molar refractivity (Wildman–Crippen MR) is 144 cm³/mol. The summed E-state index contributed by atoms with van der Waals surface area (Å²) in [5.74, 6) is -4.66. The van der Waals surface area contributed by atoms with E-state index in [0.717, 1.165) is 36.6 Å². The molecule has 8 heteroatoms. The predicted octanol–water partition coefficient (Wildman–Crippen LogP) is 3.56. The minimum Gasteiger partial charge on any atom is -0.508 e. The molecule has 4 aliphatic rings. The monoisotopic (exact) mass is 531 g/mol. The molecule has 0 radical (unpaired) electrons. The standard InChI is InChI=1S/C31H33NO7/c1-14(33)22-28(36)25(32(2)3)21-13-19-12-18-11-17-9-8-16(7-6-15-4-5-15)10-20(17)26(34)23(18)27(35)24(19)30(38)31(21,39)29(22)37/h8-11,15,19,21,25,34-35,37,39H,4-7,12-13H2,1-3H3/t19-,21-,25-,31+/m0/s1. The van der Waals surface area contributed by atoms with Crippen LogP contribution in [0.3, 0.4) is 0 Å². The lowest BCUT2D eigenvalue weighted by Gasteiger charge is -2.50. The summed E-state index contributed by atoms with van der Waals surface area (Å²) in [6, 6.07) is 6.84. The Morgan fingerprint density at radius 3 is 2.46 bits per heavy atom. The van der Waals surface area contributed by atoms with Gasteiger partial charge in [0, 0.05) is 16.9 Å². The molecule has 0 saturated heterocycles. The molecule has 4 aliphatic carbocycles. The smallest absolute Gasteiger partial charge is 0.202 e. The average Bonchev–Trinajstić information content (AvgIpc) is 3.69. The van der Waals surface area contributed by atoms with Gasteiger partial charge in [0.1, 0.15) is 22.8 Å². The van der Waals surface area contributed by atoms with E-state index in [4.69, 9.17) is 0 Å². The molecule has 6 rings (SSSR count). The maximum absolute atomic E-state index is 14.0. The van der Waals surface area contributed by atoms with Crippen molar-refractivity contribution < 1.29 is 34.8 Å². The zero-order chi connectivity index (χ0) is 28.0. The lowest BCUT2D eigenvalue weighted by atomic mass is 9.57. The summed E-state index contributed by atoms with van der Waals surface area (Å²) in [7, 11) is 3.24. The molecular formula is C31H33NO7. The van der Waals surface area contributed by atoms with Crippen LogP contribution >= 0.6 is 0 Å². The molecule has 0 unspecified atom stereocenters. The highest BCUT2D eigenvalue weighted by atomic mass is 16.3. The second kappa shape index (κ2) is 8.76. The molecule has 4 N–H and O–H groups in total. The maximum atomic E-state index is 14.0. The Bertz CT molecular complexity index is 1530. The molecule has 0 spiro atoms. The number of aryl methyl sites for hydroxylation is 1. The van der Waals surface area contributed by atoms with Crippen LogP contribution in [0.2, 0.25) is 0 Å². The van der Waals surface area contributed by atoms with E-state index in [0.29, 0.717) is 17.4 Å². The number of phenols is 1. The number of fused-ring (bicyclic) bond motifs is 4. The third kappa shape index (κ3) is 3.68. The van der Waals surface area contributed by atoms with Crippen molar-refractivity contribution >= 4 is 33.9 Å². The summed E-state index contributed by atoms with van der Waals surface area (Å²) in [6.45, 7) is 1.10. The van der Waals surface area contributed by atoms with E-state index in [1.54, 1.807) is 19.0 Å². The van der Waals surface area contributed by atoms with Crippen LogP contribution in [-0.4, -0.2) is 68.4 Å². The number of benzene rings is 2. The van der Waals surface area contributed by atoms with Crippen molar-refractivity contribution in [2.24, 2.45) is 17.8 Å². The molecule has 2 aromatic rings. The first-order valence-electron chi connectivity index (χ1n) is 13.6. The van der Waals surface area contributed by atoms with Crippen LogP contribution in [0.1, 0.15) is 49.3 Å². The van der Waals surface area contributed by atoms with Gasteiger partial charge in [-0.3, -0.25) is 19.3 Å². The Morgan fingerprint density at radius 2 is 1.82 bits per heavy atom. The summed E-state index contributed by atoms with van der Waals surface area (Å²) in [5.41, 5.74) is -1.34. The number of nitrogens with zero attached hydrogens (tertiary/aromatic N) is 1. The van der Waals surface area contributed by atoms with Gasteiger partial charge in [0.2, 0.25) is 5.78 Å². The minimum atomic E-state index is -2.55. The molecule has 4 atom stereocenters. The van der Waals surface area contributed by atoms with Gasteiger partial charge in [0.25, 0.3) is 0 Å². The van der Waals surface area contributed by atoms with Crippen molar-refractivity contribution in [2.45, 2.75) is 57.1 Å². The number of phenolic OH excluding ortho intramolecular Hbond substituents is 1. The number of carbonyl (C=O) groups excluding carboxylic acids is 3. The van der Waals surface area contributed by atoms with E-state index in [1.165, 1.54) is 12.8 Å². The van der Waals surface area contributed by atoms with Crippen molar-refractivity contribution in [3.8, 4) is 5.75 Å². The average molecular weight is 532 g/mol. The van der Waals surface area contributed by atoms with E-state index in [2.05, 4.69) is 6.07 Å². The summed E-state index contributed by atoms with van der Waals surface area (Å²) < 4.78 is 0. The Morgan fingerprint density at radius 1 is 1.10 bits per heavy atom.